The van der Waals surface area contributed by atoms with E-state index in [1.807, 2.05) is 37.3 Å². The highest BCUT2D eigenvalue weighted by atomic mass is 16.6. The van der Waals surface area contributed by atoms with E-state index in [4.69, 9.17) is 15.2 Å². The monoisotopic (exact) mass is 397 g/mol. The number of benzene rings is 1. The summed E-state index contributed by atoms with van der Waals surface area (Å²) < 4.78 is 11.5. The number of hydrogen-bond acceptors (Lipinski definition) is 5. The fourth-order valence-electron chi connectivity index (χ4n) is 3.91. The molecular formula is C22H27N3O4. The predicted molar refractivity (Wildman–Crippen MR) is 108 cm³/mol. The van der Waals surface area contributed by atoms with Crippen molar-refractivity contribution in [2.45, 2.75) is 44.2 Å². The molecule has 3 rings (SSSR count). The molecule has 0 spiro atoms. The van der Waals surface area contributed by atoms with E-state index in [9.17, 15) is 9.59 Å². The number of nitrogens with two attached hydrogens (primary N) is 1. The summed E-state index contributed by atoms with van der Waals surface area (Å²) >= 11 is 0. The first-order chi connectivity index (χ1) is 14.0. The van der Waals surface area contributed by atoms with E-state index in [-0.39, 0.29) is 12.5 Å². The van der Waals surface area contributed by atoms with Gasteiger partial charge in [-0.05, 0) is 31.4 Å². The Hall–Kier alpha value is -3.09. The molecule has 7 nitrogen and oxygen atoms in total. The first-order valence-electron chi connectivity index (χ1n) is 9.78. The van der Waals surface area contributed by atoms with Crippen molar-refractivity contribution in [1.29, 1.82) is 0 Å². The standard InChI is InChI=1S/C22H27N3O4/c1-16(18-15-24-13-10-19(18)28-2)25-14-6-11-22(29-21(25)27,12-9-20(23)26)17-7-4-3-5-8-17/h3-5,7-8,10,13,15-16H,6,9,11-12,14H2,1-2H3,(H2,23,26). The van der Waals surface area contributed by atoms with Gasteiger partial charge in [0.25, 0.3) is 0 Å². The summed E-state index contributed by atoms with van der Waals surface area (Å²) in [4.78, 5) is 30.5. The quantitative estimate of drug-likeness (QED) is 0.771. The lowest BCUT2D eigenvalue weighted by Crippen LogP contribution is -2.38. The number of carbonyl (C=O) groups excluding carboxylic acids is 2. The lowest BCUT2D eigenvalue weighted by Gasteiger charge is -2.34. The number of methoxy groups -OCH3 is 1. The zero-order valence-corrected chi connectivity index (χ0v) is 16.8. The van der Waals surface area contributed by atoms with Crippen molar-refractivity contribution >= 4 is 12.0 Å². The van der Waals surface area contributed by atoms with Crippen molar-refractivity contribution in [2.75, 3.05) is 13.7 Å². The van der Waals surface area contributed by atoms with Gasteiger partial charge in [-0.3, -0.25) is 9.78 Å². The van der Waals surface area contributed by atoms with Crippen molar-refractivity contribution in [1.82, 2.24) is 9.88 Å². The molecule has 0 radical (unpaired) electrons. The molecule has 2 N–H and O–H groups in total. The number of ether oxygens (including phenoxy) is 2. The molecule has 0 aliphatic carbocycles. The van der Waals surface area contributed by atoms with Gasteiger partial charge in [0.2, 0.25) is 5.91 Å². The van der Waals surface area contributed by atoms with Gasteiger partial charge in [-0.15, -0.1) is 0 Å². The number of aromatic nitrogens is 1. The minimum atomic E-state index is -0.874. The minimum Gasteiger partial charge on any atom is -0.496 e. The van der Waals surface area contributed by atoms with Crippen molar-refractivity contribution < 1.29 is 19.1 Å². The maximum absolute atomic E-state index is 13.2. The zero-order valence-electron chi connectivity index (χ0n) is 16.8. The number of carbonyl (C=O) groups is 2. The van der Waals surface area contributed by atoms with E-state index in [2.05, 4.69) is 4.98 Å². The van der Waals surface area contributed by atoms with Gasteiger partial charge in [-0.2, -0.15) is 0 Å². The van der Waals surface area contributed by atoms with Gasteiger partial charge in [0.05, 0.1) is 13.2 Å². The number of amides is 2. The Balaban J connectivity index is 1.90. The molecule has 2 heterocycles. The fourth-order valence-corrected chi connectivity index (χ4v) is 3.91. The van der Waals surface area contributed by atoms with E-state index in [0.29, 0.717) is 25.1 Å². The topological polar surface area (TPSA) is 94.8 Å². The first-order valence-corrected chi connectivity index (χ1v) is 9.78. The Kier molecular flexibility index (Phi) is 6.36. The SMILES string of the molecule is COc1ccncc1C(C)N1CCCC(CCC(N)=O)(c2ccccc2)OC1=O. The Morgan fingerprint density at radius 1 is 1.34 bits per heavy atom. The molecule has 0 saturated carbocycles. The van der Waals surface area contributed by atoms with Gasteiger partial charge in [0, 0.05) is 37.3 Å². The zero-order chi connectivity index (χ0) is 20.9. The van der Waals surface area contributed by atoms with E-state index >= 15 is 0 Å². The van der Waals surface area contributed by atoms with Crippen LogP contribution in [-0.4, -0.2) is 35.5 Å². The maximum Gasteiger partial charge on any atom is 0.411 e. The summed E-state index contributed by atoms with van der Waals surface area (Å²) in [5.41, 5.74) is 6.21. The number of hydrogen-bond donors (Lipinski definition) is 1. The average molecular weight is 397 g/mol. The Morgan fingerprint density at radius 3 is 2.79 bits per heavy atom. The number of rotatable bonds is 7. The molecule has 1 fully saturated rings. The third-order valence-corrected chi connectivity index (χ3v) is 5.52. The number of nitrogens with zero attached hydrogens (tertiary/aromatic N) is 2. The van der Waals surface area contributed by atoms with Crippen LogP contribution in [0, 0.1) is 0 Å². The molecule has 0 bridgehead atoms. The van der Waals surface area contributed by atoms with Crippen LogP contribution in [0.15, 0.2) is 48.8 Å². The molecule has 2 unspecified atom stereocenters. The predicted octanol–water partition coefficient (Wildman–Crippen LogP) is 3.54. The normalized spacial score (nSPS) is 20.5. The Morgan fingerprint density at radius 2 is 2.10 bits per heavy atom. The van der Waals surface area contributed by atoms with Gasteiger partial charge < -0.3 is 20.1 Å². The van der Waals surface area contributed by atoms with Crippen LogP contribution in [0.3, 0.4) is 0 Å². The van der Waals surface area contributed by atoms with Crippen LogP contribution in [0.2, 0.25) is 0 Å². The Bertz CT molecular complexity index is 858. The summed E-state index contributed by atoms with van der Waals surface area (Å²) in [6.45, 7) is 2.46. The van der Waals surface area contributed by atoms with Crippen LogP contribution in [0.5, 0.6) is 5.75 Å². The lowest BCUT2D eigenvalue weighted by atomic mass is 9.84. The molecule has 1 aromatic carbocycles. The second kappa shape index (κ2) is 8.94. The third kappa shape index (κ3) is 4.50. The second-order valence-corrected chi connectivity index (χ2v) is 7.29. The van der Waals surface area contributed by atoms with E-state index in [1.54, 1.807) is 30.5 Å². The van der Waals surface area contributed by atoms with Gasteiger partial charge in [-0.25, -0.2) is 4.79 Å². The molecule has 7 heteroatoms. The highest BCUT2D eigenvalue weighted by Crippen LogP contribution is 2.40. The maximum atomic E-state index is 13.2. The van der Waals surface area contributed by atoms with Crippen molar-refractivity contribution in [3.8, 4) is 5.75 Å². The highest BCUT2D eigenvalue weighted by molar-refractivity contribution is 5.74. The summed E-state index contributed by atoms with van der Waals surface area (Å²) in [7, 11) is 1.59. The van der Waals surface area contributed by atoms with E-state index in [1.165, 1.54) is 0 Å². The molecule has 29 heavy (non-hydrogen) atoms. The van der Waals surface area contributed by atoms with Crippen LogP contribution in [-0.2, 0) is 15.1 Å². The highest BCUT2D eigenvalue weighted by Gasteiger charge is 2.41. The second-order valence-electron chi connectivity index (χ2n) is 7.29. The van der Waals surface area contributed by atoms with Crippen molar-refractivity contribution in [3.05, 3.63) is 59.9 Å². The van der Waals surface area contributed by atoms with Gasteiger partial charge in [0.15, 0.2) is 0 Å². The van der Waals surface area contributed by atoms with Crippen molar-refractivity contribution in [3.63, 3.8) is 0 Å². The Labute approximate surface area is 170 Å². The summed E-state index contributed by atoms with van der Waals surface area (Å²) in [5.74, 6) is 0.263. The molecule has 2 amide bonds. The molecule has 1 aliphatic rings. The molecular weight excluding hydrogens is 370 g/mol. The third-order valence-electron chi connectivity index (χ3n) is 5.52. The van der Waals surface area contributed by atoms with E-state index in [0.717, 1.165) is 17.5 Å². The fraction of sp³-hybridized carbons (Fsp3) is 0.409. The number of cyclic esters (lactones) is 1. The van der Waals surface area contributed by atoms with Crippen LogP contribution >= 0.6 is 0 Å². The molecule has 1 saturated heterocycles. The number of primary amides is 1. The largest absolute Gasteiger partial charge is 0.496 e. The first kappa shape index (κ1) is 20.6. The molecule has 1 aromatic heterocycles. The van der Waals surface area contributed by atoms with Gasteiger partial charge in [0.1, 0.15) is 11.4 Å². The molecule has 2 atom stereocenters. The van der Waals surface area contributed by atoms with Crippen LogP contribution in [0.4, 0.5) is 4.79 Å². The van der Waals surface area contributed by atoms with Crippen LogP contribution < -0.4 is 10.5 Å². The summed E-state index contributed by atoms with van der Waals surface area (Å²) in [5, 5.41) is 0. The van der Waals surface area contributed by atoms with Gasteiger partial charge in [-0.1, -0.05) is 30.3 Å². The van der Waals surface area contributed by atoms with Crippen LogP contribution in [0.1, 0.15) is 49.8 Å². The average Bonchev–Trinajstić information content (AvgIpc) is 2.91. The summed E-state index contributed by atoms with van der Waals surface area (Å²) in [6.07, 6.45) is 4.79. The number of pyridine rings is 1. The van der Waals surface area contributed by atoms with Gasteiger partial charge >= 0.3 is 6.09 Å². The molecule has 2 aromatic rings. The molecule has 154 valence electrons. The molecule has 1 aliphatic heterocycles. The van der Waals surface area contributed by atoms with Crippen LogP contribution in [0.25, 0.3) is 0 Å². The smallest absolute Gasteiger partial charge is 0.411 e. The minimum absolute atomic E-state index is 0.147. The van der Waals surface area contributed by atoms with Crippen molar-refractivity contribution in [2.24, 2.45) is 5.73 Å². The summed E-state index contributed by atoms with van der Waals surface area (Å²) in [6, 6.07) is 11.1. The lowest BCUT2D eigenvalue weighted by molar-refractivity contribution is -0.119. The van der Waals surface area contributed by atoms with E-state index < -0.39 is 17.6 Å².